The van der Waals surface area contributed by atoms with Gasteiger partial charge < -0.3 is 5.11 Å². The predicted molar refractivity (Wildman–Crippen MR) is 75.8 cm³/mol. The van der Waals surface area contributed by atoms with Crippen molar-refractivity contribution in [2.24, 2.45) is 5.92 Å². The minimum Gasteiger partial charge on any atom is -0.477 e. The first-order valence-electron chi connectivity index (χ1n) is 6.04. The zero-order valence-corrected chi connectivity index (χ0v) is 11.6. The van der Waals surface area contributed by atoms with E-state index in [-0.39, 0.29) is 5.57 Å². The van der Waals surface area contributed by atoms with Crippen LogP contribution in [0, 0.1) is 5.92 Å². The summed E-state index contributed by atoms with van der Waals surface area (Å²) in [4.78, 5) is 33.2. The lowest BCUT2D eigenvalue weighted by Crippen LogP contribution is -2.16. The molecule has 1 rings (SSSR count). The molecule has 0 saturated heterocycles. The zero-order valence-electron chi connectivity index (χ0n) is 10.9. The first-order chi connectivity index (χ1) is 9.54. The van der Waals surface area contributed by atoms with Gasteiger partial charge in [0.15, 0.2) is 0 Å². The van der Waals surface area contributed by atoms with Crippen molar-refractivity contribution < 1.29 is 19.5 Å². The normalized spacial score (nSPS) is 11.1. The van der Waals surface area contributed by atoms with E-state index in [1.54, 1.807) is 30.2 Å². The monoisotopic (exact) mass is 292 g/mol. The third-order valence-corrected chi connectivity index (χ3v) is 3.13. The van der Waals surface area contributed by atoms with Gasteiger partial charge in [-0.15, -0.1) is 0 Å². The van der Waals surface area contributed by atoms with Gasteiger partial charge in [-0.05, 0) is 24.1 Å². The second-order valence-corrected chi connectivity index (χ2v) is 4.62. The predicted octanol–water partition coefficient (Wildman–Crippen LogP) is 2.81. The van der Waals surface area contributed by atoms with E-state index in [0.29, 0.717) is 23.4 Å². The first kappa shape index (κ1) is 15.9. The molecular formula is C15H13ClO4. The molecule has 0 radical (unpaired) electrons. The van der Waals surface area contributed by atoms with Crippen LogP contribution >= 0.6 is 11.6 Å². The molecule has 0 spiro atoms. The summed E-state index contributed by atoms with van der Waals surface area (Å²) in [7, 11) is 0. The van der Waals surface area contributed by atoms with E-state index in [0.717, 1.165) is 0 Å². The van der Waals surface area contributed by atoms with Gasteiger partial charge in [0.25, 0.3) is 0 Å². The number of aliphatic carboxylic acids is 1. The maximum Gasteiger partial charge on any atom is 0.343 e. The van der Waals surface area contributed by atoms with Gasteiger partial charge in [-0.2, -0.15) is 0 Å². The largest absolute Gasteiger partial charge is 0.477 e. The SMILES string of the molecule is CCCC(C(=C=O)C(=O)O)C(=C=O)c1ccc(Cl)cc1. The van der Waals surface area contributed by atoms with Crippen molar-refractivity contribution in [3.8, 4) is 0 Å². The molecule has 0 saturated carbocycles. The number of benzene rings is 1. The highest BCUT2D eigenvalue weighted by molar-refractivity contribution is 6.30. The fourth-order valence-corrected chi connectivity index (χ4v) is 2.07. The Kier molecular flexibility index (Phi) is 5.95. The van der Waals surface area contributed by atoms with Gasteiger partial charge >= 0.3 is 5.97 Å². The highest BCUT2D eigenvalue weighted by Crippen LogP contribution is 2.30. The van der Waals surface area contributed by atoms with Crippen molar-refractivity contribution >= 4 is 35.0 Å². The van der Waals surface area contributed by atoms with Crippen LogP contribution in [0.4, 0.5) is 0 Å². The van der Waals surface area contributed by atoms with E-state index in [9.17, 15) is 14.4 Å². The average Bonchev–Trinajstić information content (AvgIpc) is 2.42. The summed E-state index contributed by atoms with van der Waals surface area (Å²) in [5, 5.41) is 9.54. The van der Waals surface area contributed by atoms with E-state index in [1.165, 1.54) is 5.94 Å². The Morgan fingerprint density at radius 2 is 1.85 bits per heavy atom. The molecule has 0 aromatic heterocycles. The highest BCUT2D eigenvalue weighted by atomic mass is 35.5. The summed E-state index contributed by atoms with van der Waals surface area (Å²) in [5.74, 6) is 0.976. The van der Waals surface area contributed by atoms with E-state index in [2.05, 4.69) is 0 Å². The summed E-state index contributed by atoms with van der Waals surface area (Å²) in [5.41, 5.74) is 0.168. The van der Waals surface area contributed by atoms with Gasteiger partial charge in [-0.1, -0.05) is 37.1 Å². The van der Waals surface area contributed by atoms with E-state index in [4.69, 9.17) is 16.7 Å². The molecule has 4 nitrogen and oxygen atoms in total. The van der Waals surface area contributed by atoms with E-state index < -0.39 is 17.5 Å². The number of carboxylic acid groups (broad SMARTS) is 1. The quantitative estimate of drug-likeness (QED) is 0.646. The highest BCUT2D eigenvalue weighted by Gasteiger charge is 2.27. The minimum atomic E-state index is -1.37. The Hall–Kier alpha value is -2.12. The fraction of sp³-hybridized carbons (Fsp3) is 0.267. The van der Waals surface area contributed by atoms with Gasteiger partial charge in [0.1, 0.15) is 17.5 Å². The van der Waals surface area contributed by atoms with E-state index in [1.807, 2.05) is 6.92 Å². The summed E-state index contributed by atoms with van der Waals surface area (Å²) in [6, 6.07) is 6.36. The summed E-state index contributed by atoms with van der Waals surface area (Å²) in [6.07, 6.45) is 0.964. The number of carbonyl (C=O) groups is 1. The molecule has 0 fully saturated rings. The van der Waals surface area contributed by atoms with Gasteiger partial charge in [0, 0.05) is 10.9 Å². The smallest absolute Gasteiger partial charge is 0.343 e. The molecule has 20 heavy (non-hydrogen) atoms. The van der Waals surface area contributed by atoms with Crippen LogP contribution in [-0.2, 0) is 14.4 Å². The number of allylic oxidation sites excluding steroid dienone is 1. The molecule has 0 amide bonds. The zero-order chi connectivity index (χ0) is 15.1. The number of hydrogen-bond acceptors (Lipinski definition) is 3. The van der Waals surface area contributed by atoms with Crippen molar-refractivity contribution in [1.82, 2.24) is 0 Å². The third-order valence-electron chi connectivity index (χ3n) is 2.88. The molecule has 0 aliphatic carbocycles. The second-order valence-electron chi connectivity index (χ2n) is 4.18. The molecule has 5 heteroatoms. The molecule has 0 heterocycles. The van der Waals surface area contributed by atoms with Gasteiger partial charge in [0.2, 0.25) is 0 Å². The van der Waals surface area contributed by atoms with Crippen LogP contribution in [0.3, 0.4) is 0 Å². The Morgan fingerprint density at radius 1 is 1.25 bits per heavy atom. The molecule has 1 unspecified atom stereocenters. The maximum atomic E-state index is 11.2. The van der Waals surface area contributed by atoms with Gasteiger partial charge in [0.05, 0.1) is 5.57 Å². The Balaban J connectivity index is 3.30. The number of rotatable bonds is 6. The standard InChI is InChI=1S/C15H13ClO4/c1-2-3-12(14(9-18)15(19)20)13(8-17)10-4-6-11(16)7-5-10/h4-7,12H,2-3H2,1H3,(H,19,20). The van der Waals surface area contributed by atoms with Gasteiger partial charge in [-0.3, -0.25) is 0 Å². The lowest BCUT2D eigenvalue weighted by atomic mass is 9.84. The number of halogens is 1. The molecule has 0 bridgehead atoms. The van der Waals surface area contributed by atoms with Crippen molar-refractivity contribution in [1.29, 1.82) is 0 Å². The van der Waals surface area contributed by atoms with Crippen LogP contribution in [0.1, 0.15) is 25.3 Å². The number of hydrogen-bond donors (Lipinski definition) is 1. The lowest BCUT2D eigenvalue weighted by Gasteiger charge is -2.16. The fourth-order valence-electron chi connectivity index (χ4n) is 1.95. The van der Waals surface area contributed by atoms with Crippen molar-refractivity contribution in [3.05, 3.63) is 40.4 Å². The molecule has 1 atom stereocenters. The van der Waals surface area contributed by atoms with Crippen LogP contribution in [-0.4, -0.2) is 23.0 Å². The Bertz CT molecular complexity index is 591. The average molecular weight is 293 g/mol. The maximum absolute atomic E-state index is 11.2. The van der Waals surface area contributed by atoms with Crippen LogP contribution < -0.4 is 0 Å². The van der Waals surface area contributed by atoms with Crippen molar-refractivity contribution in [2.45, 2.75) is 19.8 Å². The first-order valence-corrected chi connectivity index (χ1v) is 6.42. The third kappa shape index (κ3) is 3.69. The van der Waals surface area contributed by atoms with Crippen molar-refractivity contribution in [3.63, 3.8) is 0 Å². The van der Waals surface area contributed by atoms with Crippen molar-refractivity contribution in [2.75, 3.05) is 0 Å². The molecule has 1 aromatic carbocycles. The van der Waals surface area contributed by atoms with Crippen LogP contribution in [0.5, 0.6) is 0 Å². The Morgan fingerprint density at radius 3 is 2.25 bits per heavy atom. The van der Waals surface area contributed by atoms with Gasteiger partial charge in [-0.25, -0.2) is 14.4 Å². The van der Waals surface area contributed by atoms with E-state index >= 15 is 0 Å². The molecular weight excluding hydrogens is 280 g/mol. The molecule has 0 aliphatic rings. The molecule has 1 N–H and O–H groups in total. The Labute approximate surface area is 121 Å². The summed E-state index contributed by atoms with van der Waals surface area (Å²) >= 11 is 5.77. The molecule has 0 aliphatic heterocycles. The second kappa shape index (κ2) is 7.46. The minimum absolute atomic E-state index is 0.129. The summed E-state index contributed by atoms with van der Waals surface area (Å²) < 4.78 is 0. The van der Waals surface area contributed by atoms with Crippen LogP contribution in [0.15, 0.2) is 29.8 Å². The number of carbonyl (C=O) groups excluding carboxylic acids is 2. The number of carboxylic acids is 1. The van der Waals surface area contributed by atoms with Crippen LogP contribution in [0.2, 0.25) is 5.02 Å². The topological polar surface area (TPSA) is 71.4 Å². The van der Waals surface area contributed by atoms with Crippen LogP contribution in [0.25, 0.3) is 5.57 Å². The molecule has 104 valence electrons. The lowest BCUT2D eigenvalue weighted by molar-refractivity contribution is -0.132. The molecule has 1 aromatic rings. The summed E-state index contributed by atoms with van der Waals surface area (Å²) in [6.45, 7) is 1.83.